The molecule has 0 spiro atoms. The number of benzene rings is 1. The highest BCUT2D eigenvalue weighted by molar-refractivity contribution is 6.12. The molecule has 31 heavy (non-hydrogen) atoms. The highest BCUT2D eigenvalue weighted by Gasteiger charge is 2.42. The Bertz CT molecular complexity index is 1340. The third kappa shape index (κ3) is 2.86. The summed E-state index contributed by atoms with van der Waals surface area (Å²) in [5.41, 5.74) is 9.97. The molecule has 0 radical (unpaired) electrons. The molecule has 4 aromatic rings. The lowest BCUT2D eigenvalue weighted by molar-refractivity contribution is -0.660. The van der Waals surface area contributed by atoms with E-state index in [4.69, 9.17) is 4.42 Å². The highest BCUT2D eigenvalue weighted by Crippen LogP contribution is 2.54. The zero-order valence-electron chi connectivity index (χ0n) is 19.9. The number of hydrogen-bond donors (Lipinski definition) is 0. The van der Waals surface area contributed by atoms with E-state index in [1.165, 1.54) is 51.7 Å². The molecule has 3 nitrogen and oxygen atoms in total. The van der Waals surface area contributed by atoms with E-state index in [0.717, 1.165) is 23.1 Å². The van der Waals surface area contributed by atoms with Crippen molar-refractivity contribution in [2.45, 2.75) is 71.6 Å². The van der Waals surface area contributed by atoms with Crippen molar-refractivity contribution in [2.75, 3.05) is 0 Å². The third-order valence-corrected chi connectivity index (χ3v) is 7.53. The Morgan fingerprint density at radius 1 is 1.03 bits per heavy atom. The third-order valence-electron chi connectivity index (χ3n) is 7.53. The molecule has 0 aliphatic heterocycles. The van der Waals surface area contributed by atoms with Crippen molar-refractivity contribution in [3.05, 3.63) is 58.9 Å². The molecule has 1 aliphatic carbocycles. The van der Waals surface area contributed by atoms with Crippen LogP contribution in [0.15, 0.2) is 41.1 Å². The average Bonchev–Trinajstić information content (AvgIpc) is 3.10. The standard InChI is InChI=1S/C28H33N2O/c1-8-18-11-12-20(30(7)16-18)21-17(2)23-24(28(5,6)14-13-27(23,3)4)22-19-10-9-15-29-26(19)31-25(21)22/h9-12,15-16H,8,13-14H2,1-7H3/q+1. The van der Waals surface area contributed by atoms with Crippen molar-refractivity contribution in [3.63, 3.8) is 0 Å². The van der Waals surface area contributed by atoms with E-state index in [1.54, 1.807) is 0 Å². The van der Waals surface area contributed by atoms with Crippen molar-refractivity contribution in [3.8, 4) is 11.3 Å². The number of pyridine rings is 2. The minimum absolute atomic E-state index is 0.0906. The van der Waals surface area contributed by atoms with Gasteiger partial charge in [0.2, 0.25) is 11.4 Å². The molecule has 3 heteroatoms. The number of hydrogen-bond acceptors (Lipinski definition) is 2. The zero-order chi connectivity index (χ0) is 22.1. The van der Waals surface area contributed by atoms with Gasteiger partial charge in [-0.25, -0.2) is 9.55 Å². The van der Waals surface area contributed by atoms with Crippen LogP contribution in [0.1, 0.15) is 69.7 Å². The van der Waals surface area contributed by atoms with Gasteiger partial charge in [0.15, 0.2) is 11.8 Å². The van der Waals surface area contributed by atoms with Gasteiger partial charge in [-0.05, 0) is 71.9 Å². The molecule has 0 N–H and O–H groups in total. The van der Waals surface area contributed by atoms with Crippen molar-refractivity contribution in [1.82, 2.24) is 4.98 Å². The number of fused-ring (bicyclic) bond motifs is 5. The number of rotatable bonds is 2. The van der Waals surface area contributed by atoms with Crippen LogP contribution >= 0.6 is 0 Å². The predicted octanol–water partition coefficient (Wildman–Crippen LogP) is 6.69. The quantitative estimate of drug-likeness (QED) is 0.343. The van der Waals surface area contributed by atoms with Crippen molar-refractivity contribution in [2.24, 2.45) is 7.05 Å². The lowest BCUT2D eigenvalue weighted by Crippen LogP contribution is -2.36. The van der Waals surface area contributed by atoms with Gasteiger partial charge in [-0.1, -0.05) is 34.6 Å². The van der Waals surface area contributed by atoms with E-state index in [9.17, 15) is 0 Å². The molecule has 3 aromatic heterocycles. The van der Waals surface area contributed by atoms with Gasteiger partial charge in [0.25, 0.3) is 0 Å². The van der Waals surface area contributed by atoms with Gasteiger partial charge in [-0.15, -0.1) is 0 Å². The van der Waals surface area contributed by atoms with Gasteiger partial charge < -0.3 is 4.42 Å². The van der Waals surface area contributed by atoms with Crippen LogP contribution < -0.4 is 4.57 Å². The van der Waals surface area contributed by atoms with Crippen LogP contribution in [0.25, 0.3) is 33.3 Å². The smallest absolute Gasteiger partial charge is 0.227 e. The van der Waals surface area contributed by atoms with E-state index in [0.29, 0.717) is 0 Å². The molecule has 0 bridgehead atoms. The lowest BCUT2D eigenvalue weighted by atomic mass is 9.60. The first-order chi connectivity index (χ1) is 14.7. The van der Waals surface area contributed by atoms with E-state index in [1.807, 2.05) is 12.3 Å². The maximum absolute atomic E-state index is 6.53. The second-order valence-electron chi connectivity index (χ2n) is 10.6. The summed E-state index contributed by atoms with van der Waals surface area (Å²) in [6.45, 7) is 14.1. The second kappa shape index (κ2) is 6.66. The minimum atomic E-state index is 0.0906. The Balaban J connectivity index is 2.02. The molecule has 0 amide bonds. The fourth-order valence-corrected chi connectivity index (χ4v) is 5.80. The fraction of sp³-hybridized carbons (Fsp3) is 0.429. The molecule has 1 aliphatic rings. The van der Waals surface area contributed by atoms with E-state index >= 15 is 0 Å². The van der Waals surface area contributed by atoms with Gasteiger partial charge in [-0.3, -0.25) is 0 Å². The zero-order valence-corrected chi connectivity index (χ0v) is 19.9. The van der Waals surface area contributed by atoms with Crippen LogP contribution in [0.2, 0.25) is 0 Å². The monoisotopic (exact) mass is 413 g/mol. The first-order valence-electron chi connectivity index (χ1n) is 11.5. The topological polar surface area (TPSA) is 29.9 Å². The summed E-state index contributed by atoms with van der Waals surface area (Å²) in [5.74, 6) is 0. The molecular weight excluding hydrogens is 380 g/mol. The number of furan rings is 1. The predicted molar refractivity (Wildman–Crippen MR) is 128 cm³/mol. The van der Waals surface area contributed by atoms with E-state index in [-0.39, 0.29) is 10.8 Å². The second-order valence-corrected chi connectivity index (χ2v) is 10.6. The average molecular weight is 414 g/mol. The van der Waals surface area contributed by atoms with Crippen LogP contribution in [0.4, 0.5) is 0 Å². The SMILES string of the molecule is CCc1ccc(-c2c(C)c3c(c4c2oc2ncccc24)C(C)(C)CCC3(C)C)[n+](C)c1. The summed E-state index contributed by atoms with van der Waals surface area (Å²) in [5, 5.41) is 2.39. The Hall–Kier alpha value is -2.68. The summed E-state index contributed by atoms with van der Waals surface area (Å²) in [7, 11) is 2.15. The van der Waals surface area contributed by atoms with Gasteiger partial charge in [-0.2, -0.15) is 0 Å². The van der Waals surface area contributed by atoms with E-state index < -0.39 is 0 Å². The number of aryl methyl sites for hydroxylation is 2. The van der Waals surface area contributed by atoms with Crippen LogP contribution in [0.3, 0.4) is 0 Å². The molecule has 0 saturated heterocycles. The van der Waals surface area contributed by atoms with Crippen molar-refractivity contribution >= 4 is 22.1 Å². The Kier molecular flexibility index (Phi) is 4.35. The minimum Gasteiger partial charge on any atom is -0.437 e. The summed E-state index contributed by atoms with van der Waals surface area (Å²) >= 11 is 0. The Labute approximate surface area is 185 Å². The van der Waals surface area contributed by atoms with Gasteiger partial charge in [0.1, 0.15) is 7.05 Å². The maximum atomic E-state index is 6.53. The molecule has 0 saturated carbocycles. The van der Waals surface area contributed by atoms with Crippen molar-refractivity contribution < 1.29 is 8.98 Å². The fourth-order valence-electron chi connectivity index (χ4n) is 5.80. The summed E-state index contributed by atoms with van der Waals surface area (Å²) in [6, 6.07) is 8.70. The Morgan fingerprint density at radius 2 is 1.74 bits per heavy atom. The summed E-state index contributed by atoms with van der Waals surface area (Å²) < 4.78 is 8.79. The summed E-state index contributed by atoms with van der Waals surface area (Å²) in [4.78, 5) is 4.59. The Morgan fingerprint density at radius 3 is 2.42 bits per heavy atom. The summed E-state index contributed by atoms with van der Waals surface area (Å²) in [6.07, 6.45) is 7.47. The van der Waals surface area contributed by atoms with Crippen LogP contribution in [0, 0.1) is 6.92 Å². The van der Waals surface area contributed by atoms with Crippen molar-refractivity contribution in [1.29, 1.82) is 0 Å². The molecule has 3 heterocycles. The molecule has 1 aromatic carbocycles. The molecule has 0 atom stereocenters. The lowest BCUT2D eigenvalue weighted by Gasteiger charge is -2.43. The van der Waals surface area contributed by atoms with Crippen LogP contribution in [0.5, 0.6) is 0 Å². The molecule has 5 rings (SSSR count). The van der Waals surface area contributed by atoms with Crippen LogP contribution in [-0.2, 0) is 24.3 Å². The first kappa shape index (κ1) is 20.2. The molecule has 160 valence electrons. The maximum Gasteiger partial charge on any atom is 0.227 e. The largest absolute Gasteiger partial charge is 0.437 e. The van der Waals surface area contributed by atoms with Crippen LogP contribution in [-0.4, -0.2) is 4.98 Å². The molecule has 0 fully saturated rings. The number of nitrogens with zero attached hydrogens (tertiary/aromatic N) is 2. The first-order valence-corrected chi connectivity index (χ1v) is 11.5. The van der Waals surface area contributed by atoms with Gasteiger partial charge in [0, 0.05) is 28.6 Å². The molecular formula is C28H33N2O+. The number of aromatic nitrogens is 2. The van der Waals surface area contributed by atoms with Gasteiger partial charge in [0.05, 0.1) is 5.56 Å². The van der Waals surface area contributed by atoms with E-state index in [2.05, 4.69) is 82.5 Å². The normalized spacial score (nSPS) is 17.3. The molecule has 0 unspecified atom stereocenters. The van der Waals surface area contributed by atoms with Gasteiger partial charge >= 0.3 is 0 Å². The highest BCUT2D eigenvalue weighted by atomic mass is 16.3.